The third kappa shape index (κ3) is 2.57. The zero-order valence-electron chi connectivity index (χ0n) is 11.1. The van der Waals surface area contributed by atoms with Crippen molar-refractivity contribution in [3.05, 3.63) is 41.9 Å². The Morgan fingerprint density at radius 2 is 2.06 bits per heavy atom. The highest BCUT2D eigenvalue weighted by Crippen LogP contribution is 2.33. The van der Waals surface area contributed by atoms with Crippen LogP contribution in [0.25, 0.3) is 11.1 Å². The smallest absolute Gasteiger partial charge is 0.126 e. The molecule has 3 heteroatoms. The summed E-state index contributed by atoms with van der Waals surface area (Å²) in [5, 5.41) is 3.28. The maximum absolute atomic E-state index is 5.54. The highest BCUT2D eigenvalue weighted by Gasteiger charge is 2.12. The minimum atomic E-state index is 0.732. The van der Waals surface area contributed by atoms with Gasteiger partial charge < -0.3 is 14.5 Å². The molecule has 96 valence electrons. The quantitative estimate of drug-likeness (QED) is 0.877. The first-order valence-electron chi connectivity index (χ1n) is 6.18. The topological polar surface area (TPSA) is 34.4 Å². The van der Waals surface area contributed by atoms with Gasteiger partial charge in [0.05, 0.1) is 19.9 Å². The fraction of sp³-hybridized carbons (Fsp3) is 0.333. The van der Waals surface area contributed by atoms with Gasteiger partial charge in [-0.05, 0) is 31.7 Å². The van der Waals surface area contributed by atoms with Crippen LogP contribution in [0.2, 0.25) is 0 Å². The minimum Gasteiger partial charge on any atom is -0.496 e. The molecule has 18 heavy (non-hydrogen) atoms. The number of ether oxygens (including phenoxy) is 1. The summed E-state index contributed by atoms with van der Waals surface area (Å²) in [6.45, 7) is 5.81. The number of benzene rings is 1. The molecule has 0 fully saturated rings. The monoisotopic (exact) mass is 245 g/mol. The van der Waals surface area contributed by atoms with Gasteiger partial charge in [0.1, 0.15) is 11.5 Å². The third-order valence-corrected chi connectivity index (χ3v) is 2.93. The molecule has 0 amide bonds. The molecule has 0 bridgehead atoms. The molecule has 0 atom stereocenters. The van der Waals surface area contributed by atoms with E-state index in [1.807, 2.05) is 18.2 Å². The third-order valence-electron chi connectivity index (χ3n) is 2.93. The van der Waals surface area contributed by atoms with Crippen LogP contribution in [0.5, 0.6) is 5.75 Å². The normalized spacial score (nSPS) is 10.6. The zero-order chi connectivity index (χ0) is 13.0. The largest absolute Gasteiger partial charge is 0.496 e. The molecule has 1 aromatic carbocycles. The second kappa shape index (κ2) is 5.74. The number of furan rings is 1. The number of hydrogen-bond acceptors (Lipinski definition) is 3. The van der Waals surface area contributed by atoms with Crippen LogP contribution in [0.3, 0.4) is 0 Å². The molecule has 0 aliphatic carbocycles. The average molecular weight is 245 g/mol. The summed E-state index contributed by atoms with van der Waals surface area (Å²) in [7, 11) is 1.69. The Morgan fingerprint density at radius 3 is 2.78 bits per heavy atom. The first-order valence-corrected chi connectivity index (χ1v) is 6.18. The predicted molar refractivity (Wildman–Crippen MR) is 72.8 cm³/mol. The Balaban J connectivity index is 2.41. The maximum atomic E-state index is 5.54. The van der Waals surface area contributed by atoms with E-state index < -0.39 is 0 Å². The molecule has 0 spiro atoms. The van der Waals surface area contributed by atoms with Gasteiger partial charge in [-0.3, -0.25) is 0 Å². The average Bonchev–Trinajstić information content (AvgIpc) is 2.84. The Labute approximate surface area is 108 Å². The van der Waals surface area contributed by atoms with E-state index in [0.29, 0.717) is 0 Å². The zero-order valence-corrected chi connectivity index (χ0v) is 11.1. The van der Waals surface area contributed by atoms with Crippen LogP contribution in [0, 0.1) is 6.92 Å². The summed E-state index contributed by atoms with van der Waals surface area (Å²) in [4.78, 5) is 0. The predicted octanol–water partition coefficient (Wildman–Crippen LogP) is 3.37. The molecule has 2 aromatic rings. The molecular weight excluding hydrogens is 226 g/mol. The van der Waals surface area contributed by atoms with Gasteiger partial charge in [0, 0.05) is 11.1 Å². The van der Waals surface area contributed by atoms with Gasteiger partial charge in [-0.25, -0.2) is 0 Å². The Hall–Kier alpha value is -1.74. The van der Waals surface area contributed by atoms with Crippen molar-refractivity contribution in [2.45, 2.75) is 20.4 Å². The highest BCUT2D eigenvalue weighted by atomic mass is 16.5. The number of rotatable bonds is 5. The lowest BCUT2D eigenvalue weighted by Crippen LogP contribution is -2.11. The summed E-state index contributed by atoms with van der Waals surface area (Å²) in [6.07, 6.45) is 1.73. The molecule has 3 nitrogen and oxygen atoms in total. The number of methoxy groups -OCH3 is 1. The summed E-state index contributed by atoms with van der Waals surface area (Å²) >= 11 is 0. The summed E-state index contributed by atoms with van der Waals surface area (Å²) in [5.41, 5.74) is 3.39. The van der Waals surface area contributed by atoms with Crippen molar-refractivity contribution in [3.63, 3.8) is 0 Å². The van der Waals surface area contributed by atoms with Crippen LogP contribution in [0.4, 0.5) is 0 Å². The van der Waals surface area contributed by atoms with Crippen LogP contribution in [-0.2, 0) is 6.54 Å². The molecule has 0 radical (unpaired) electrons. The van der Waals surface area contributed by atoms with Gasteiger partial charge in [0.25, 0.3) is 0 Å². The lowest BCUT2D eigenvalue weighted by Gasteiger charge is -2.10. The van der Waals surface area contributed by atoms with Crippen molar-refractivity contribution in [2.24, 2.45) is 0 Å². The van der Waals surface area contributed by atoms with Gasteiger partial charge in [0.2, 0.25) is 0 Å². The summed E-state index contributed by atoms with van der Waals surface area (Å²) in [5.74, 6) is 1.82. The molecule has 0 saturated heterocycles. The number of aryl methyl sites for hydroxylation is 1. The fourth-order valence-corrected chi connectivity index (χ4v) is 1.99. The van der Waals surface area contributed by atoms with Gasteiger partial charge in [-0.2, -0.15) is 0 Å². The van der Waals surface area contributed by atoms with Crippen molar-refractivity contribution in [1.29, 1.82) is 0 Å². The first kappa shape index (κ1) is 12.7. The van der Waals surface area contributed by atoms with Crippen molar-refractivity contribution in [3.8, 4) is 16.9 Å². The van der Waals surface area contributed by atoms with Gasteiger partial charge in [0.15, 0.2) is 0 Å². The highest BCUT2D eigenvalue weighted by molar-refractivity contribution is 5.72. The maximum Gasteiger partial charge on any atom is 0.126 e. The Bertz CT molecular complexity index is 517. The van der Waals surface area contributed by atoms with Crippen LogP contribution in [-0.4, -0.2) is 13.7 Å². The van der Waals surface area contributed by atoms with Crippen molar-refractivity contribution in [1.82, 2.24) is 5.32 Å². The lowest BCUT2D eigenvalue weighted by molar-refractivity contribution is 0.416. The molecule has 1 N–H and O–H groups in total. The second-order valence-corrected chi connectivity index (χ2v) is 4.24. The van der Waals surface area contributed by atoms with Crippen LogP contribution >= 0.6 is 0 Å². The van der Waals surface area contributed by atoms with E-state index in [2.05, 4.69) is 25.2 Å². The van der Waals surface area contributed by atoms with Crippen LogP contribution in [0.15, 0.2) is 34.9 Å². The van der Waals surface area contributed by atoms with E-state index in [9.17, 15) is 0 Å². The molecule has 0 aliphatic heterocycles. The fourth-order valence-electron chi connectivity index (χ4n) is 1.99. The number of nitrogens with one attached hydrogen (secondary N) is 1. The Kier molecular flexibility index (Phi) is 4.05. The van der Waals surface area contributed by atoms with Gasteiger partial charge in [-0.15, -0.1) is 0 Å². The van der Waals surface area contributed by atoms with E-state index >= 15 is 0 Å². The molecular formula is C15H19NO2. The van der Waals surface area contributed by atoms with Crippen molar-refractivity contribution < 1.29 is 9.15 Å². The first-order chi connectivity index (χ1) is 8.76. The Morgan fingerprint density at radius 1 is 1.22 bits per heavy atom. The van der Waals surface area contributed by atoms with E-state index in [1.54, 1.807) is 13.4 Å². The number of hydrogen-bond donors (Lipinski definition) is 1. The van der Waals surface area contributed by atoms with E-state index in [4.69, 9.17) is 9.15 Å². The SMILES string of the molecule is CCNCc1occc1-c1cc(C)ccc1OC. The van der Waals surface area contributed by atoms with Crippen LogP contribution in [0.1, 0.15) is 18.2 Å². The standard InChI is InChI=1S/C15H19NO2/c1-4-16-10-15-12(7-8-18-15)13-9-11(2)5-6-14(13)17-3/h5-9,16H,4,10H2,1-3H3. The molecule has 0 unspecified atom stereocenters. The lowest BCUT2D eigenvalue weighted by atomic mass is 10.0. The molecule has 1 heterocycles. The van der Waals surface area contributed by atoms with Crippen LogP contribution < -0.4 is 10.1 Å². The van der Waals surface area contributed by atoms with Gasteiger partial charge in [-0.1, -0.05) is 18.6 Å². The summed E-state index contributed by atoms with van der Waals surface area (Å²) in [6, 6.07) is 8.16. The van der Waals surface area contributed by atoms with E-state index in [1.165, 1.54) is 5.56 Å². The second-order valence-electron chi connectivity index (χ2n) is 4.24. The van der Waals surface area contributed by atoms with E-state index in [-0.39, 0.29) is 0 Å². The summed E-state index contributed by atoms with van der Waals surface area (Å²) < 4.78 is 11.0. The van der Waals surface area contributed by atoms with Gasteiger partial charge >= 0.3 is 0 Å². The minimum absolute atomic E-state index is 0.732. The molecule has 1 aromatic heterocycles. The molecule has 0 aliphatic rings. The van der Waals surface area contributed by atoms with Crippen molar-refractivity contribution in [2.75, 3.05) is 13.7 Å². The molecule has 0 saturated carbocycles. The van der Waals surface area contributed by atoms with E-state index in [0.717, 1.165) is 35.7 Å². The molecule has 2 rings (SSSR count). The van der Waals surface area contributed by atoms with Crippen molar-refractivity contribution >= 4 is 0 Å².